The first kappa shape index (κ1) is 7.04. The third kappa shape index (κ3) is 6.04. The summed E-state index contributed by atoms with van der Waals surface area (Å²) in [6.07, 6.45) is -2.28. The van der Waals surface area contributed by atoms with Crippen molar-refractivity contribution >= 4 is 9.76 Å². The number of halogens is 2. The topological polar surface area (TPSA) is 9.23 Å². The third-order valence-electron chi connectivity index (χ3n) is 0.448. The lowest BCUT2D eigenvalue weighted by molar-refractivity contribution is 0.0844. The fourth-order valence-electron chi connectivity index (χ4n) is 0.207. The van der Waals surface area contributed by atoms with Crippen LogP contribution in [0.2, 0.25) is 6.55 Å². The molecule has 0 fully saturated rings. The van der Waals surface area contributed by atoms with Gasteiger partial charge in [0, 0.05) is 0 Å². The number of hydrogen-bond acceptors (Lipinski definition) is 1. The second-order valence-electron chi connectivity index (χ2n) is 1.05. The van der Waals surface area contributed by atoms with Crippen LogP contribution in [0.15, 0.2) is 0 Å². The van der Waals surface area contributed by atoms with E-state index in [1.54, 1.807) is 0 Å². The Kier molecular flexibility index (Phi) is 4.22. The van der Waals surface area contributed by atoms with Crippen molar-refractivity contribution in [3.05, 3.63) is 0 Å². The highest BCUT2D eigenvalue weighted by Crippen LogP contribution is 1.89. The van der Waals surface area contributed by atoms with E-state index in [9.17, 15) is 8.78 Å². The molecule has 0 aliphatic heterocycles. The van der Waals surface area contributed by atoms with Crippen molar-refractivity contribution in [2.24, 2.45) is 0 Å². The standard InChI is InChI=1S/C3H8F2OSi/c1-7-6-2-3(4)5/h3H,2,7H2,1H3. The zero-order valence-electron chi connectivity index (χ0n) is 4.16. The Labute approximate surface area is 43.6 Å². The van der Waals surface area contributed by atoms with Gasteiger partial charge in [0.15, 0.2) is 9.76 Å². The van der Waals surface area contributed by atoms with Crippen LogP contribution in [-0.4, -0.2) is 22.8 Å². The Morgan fingerprint density at radius 2 is 2.29 bits per heavy atom. The molecule has 0 radical (unpaired) electrons. The maximum absolute atomic E-state index is 11.1. The van der Waals surface area contributed by atoms with E-state index in [0.29, 0.717) is 0 Å². The maximum atomic E-state index is 11.1. The maximum Gasteiger partial charge on any atom is 0.260 e. The van der Waals surface area contributed by atoms with Crippen LogP contribution in [0.1, 0.15) is 0 Å². The number of rotatable bonds is 3. The molecule has 0 atom stereocenters. The second-order valence-corrected chi connectivity index (χ2v) is 2.04. The second kappa shape index (κ2) is 4.20. The quantitative estimate of drug-likeness (QED) is 0.497. The molecule has 44 valence electrons. The van der Waals surface area contributed by atoms with E-state index in [4.69, 9.17) is 0 Å². The van der Waals surface area contributed by atoms with E-state index < -0.39 is 16.2 Å². The summed E-state index contributed by atoms with van der Waals surface area (Å²) in [6.45, 7) is 1.45. The van der Waals surface area contributed by atoms with Gasteiger partial charge in [-0.3, -0.25) is 0 Å². The summed E-state index contributed by atoms with van der Waals surface area (Å²) in [6, 6.07) is 0. The SMILES string of the molecule is C[SiH2]OCC(F)F. The van der Waals surface area contributed by atoms with Crippen LogP contribution in [0, 0.1) is 0 Å². The fraction of sp³-hybridized carbons (Fsp3) is 1.00. The van der Waals surface area contributed by atoms with Gasteiger partial charge in [-0.25, -0.2) is 8.78 Å². The van der Waals surface area contributed by atoms with Crippen LogP contribution in [-0.2, 0) is 4.43 Å². The van der Waals surface area contributed by atoms with E-state index in [-0.39, 0.29) is 6.61 Å². The van der Waals surface area contributed by atoms with Crippen molar-refractivity contribution in [3.8, 4) is 0 Å². The highest BCUT2D eigenvalue weighted by atomic mass is 28.2. The summed E-state index contributed by atoms with van der Waals surface area (Å²) in [5, 5.41) is 0. The summed E-state index contributed by atoms with van der Waals surface area (Å²) in [4.78, 5) is 0. The summed E-state index contributed by atoms with van der Waals surface area (Å²) >= 11 is 0. The minimum Gasteiger partial charge on any atom is -0.418 e. The predicted octanol–water partition coefficient (Wildman–Crippen LogP) is 0.400. The summed E-state index contributed by atoms with van der Waals surface area (Å²) in [5.74, 6) is 0. The van der Waals surface area contributed by atoms with Gasteiger partial charge in [0.2, 0.25) is 0 Å². The molecule has 0 aliphatic carbocycles. The normalized spacial score (nSPS) is 12.0. The summed E-state index contributed by atoms with van der Waals surface area (Å²) in [7, 11) is -0.609. The zero-order chi connectivity index (χ0) is 5.70. The monoisotopic (exact) mass is 126 g/mol. The van der Waals surface area contributed by atoms with Gasteiger partial charge in [-0.05, 0) is 0 Å². The van der Waals surface area contributed by atoms with Crippen molar-refractivity contribution in [3.63, 3.8) is 0 Å². The van der Waals surface area contributed by atoms with E-state index in [1.807, 2.05) is 6.55 Å². The molecule has 0 spiro atoms. The van der Waals surface area contributed by atoms with Gasteiger partial charge in [0.25, 0.3) is 6.43 Å². The Balaban J connectivity index is 2.68. The van der Waals surface area contributed by atoms with Crippen molar-refractivity contribution in [1.29, 1.82) is 0 Å². The Hall–Kier alpha value is 0.0369. The molecule has 0 heterocycles. The van der Waals surface area contributed by atoms with E-state index in [1.165, 1.54) is 0 Å². The number of hydrogen-bond donors (Lipinski definition) is 0. The molecule has 0 saturated carbocycles. The average Bonchev–Trinajstić information content (AvgIpc) is 1.61. The van der Waals surface area contributed by atoms with Gasteiger partial charge < -0.3 is 4.43 Å². The molecule has 0 aromatic rings. The van der Waals surface area contributed by atoms with Gasteiger partial charge in [-0.1, -0.05) is 6.55 Å². The van der Waals surface area contributed by atoms with Crippen LogP contribution in [0.25, 0.3) is 0 Å². The predicted molar refractivity (Wildman–Crippen MR) is 26.4 cm³/mol. The zero-order valence-corrected chi connectivity index (χ0v) is 5.57. The minimum absolute atomic E-state index is 0.372. The van der Waals surface area contributed by atoms with Crippen molar-refractivity contribution < 1.29 is 13.2 Å². The first-order chi connectivity index (χ1) is 3.27. The van der Waals surface area contributed by atoms with Crippen molar-refractivity contribution in [1.82, 2.24) is 0 Å². The molecule has 0 bridgehead atoms. The fourth-order valence-corrected chi connectivity index (χ4v) is 0.621. The largest absolute Gasteiger partial charge is 0.418 e. The van der Waals surface area contributed by atoms with Crippen molar-refractivity contribution in [2.45, 2.75) is 13.0 Å². The molecular formula is C3H8F2OSi. The summed E-state index contributed by atoms with van der Waals surface area (Å²) < 4.78 is 26.7. The Bertz CT molecular complexity index is 41.9. The Morgan fingerprint density at radius 1 is 1.71 bits per heavy atom. The molecule has 0 aliphatic rings. The molecule has 1 nitrogen and oxygen atoms in total. The molecular weight excluding hydrogens is 118 g/mol. The minimum atomic E-state index is -2.28. The molecule has 4 heteroatoms. The first-order valence-corrected chi connectivity index (χ1v) is 4.12. The average molecular weight is 126 g/mol. The van der Waals surface area contributed by atoms with Crippen LogP contribution < -0.4 is 0 Å². The number of alkyl halides is 2. The molecule has 0 unspecified atom stereocenters. The first-order valence-electron chi connectivity index (χ1n) is 2.13. The highest BCUT2D eigenvalue weighted by Gasteiger charge is 1.97. The summed E-state index contributed by atoms with van der Waals surface area (Å²) in [5.41, 5.74) is 0. The Morgan fingerprint density at radius 3 is 2.43 bits per heavy atom. The van der Waals surface area contributed by atoms with Gasteiger partial charge >= 0.3 is 0 Å². The van der Waals surface area contributed by atoms with Gasteiger partial charge in [0.1, 0.15) is 0 Å². The molecule has 0 saturated heterocycles. The lowest BCUT2D eigenvalue weighted by Gasteiger charge is -1.95. The lowest BCUT2D eigenvalue weighted by Crippen LogP contribution is -2.04. The molecule has 0 rings (SSSR count). The van der Waals surface area contributed by atoms with Crippen LogP contribution >= 0.6 is 0 Å². The smallest absolute Gasteiger partial charge is 0.260 e. The lowest BCUT2D eigenvalue weighted by atomic mass is 10.8. The molecule has 0 aromatic carbocycles. The molecule has 7 heavy (non-hydrogen) atoms. The molecule has 0 N–H and O–H groups in total. The van der Waals surface area contributed by atoms with E-state index >= 15 is 0 Å². The third-order valence-corrected chi connectivity index (χ3v) is 1.09. The van der Waals surface area contributed by atoms with E-state index in [0.717, 1.165) is 0 Å². The van der Waals surface area contributed by atoms with Crippen molar-refractivity contribution in [2.75, 3.05) is 6.61 Å². The highest BCUT2D eigenvalue weighted by molar-refractivity contribution is 6.24. The molecule has 0 aromatic heterocycles. The van der Waals surface area contributed by atoms with Crippen LogP contribution in [0.3, 0.4) is 0 Å². The van der Waals surface area contributed by atoms with Crippen LogP contribution in [0.4, 0.5) is 8.78 Å². The molecule has 0 amide bonds. The van der Waals surface area contributed by atoms with Gasteiger partial charge in [0.05, 0.1) is 6.61 Å². The van der Waals surface area contributed by atoms with Gasteiger partial charge in [-0.15, -0.1) is 0 Å². The van der Waals surface area contributed by atoms with Gasteiger partial charge in [-0.2, -0.15) is 0 Å². The van der Waals surface area contributed by atoms with Crippen LogP contribution in [0.5, 0.6) is 0 Å². The van der Waals surface area contributed by atoms with E-state index in [2.05, 4.69) is 4.43 Å².